The lowest BCUT2D eigenvalue weighted by Crippen LogP contribution is -2.23. The van der Waals surface area contributed by atoms with Crippen molar-refractivity contribution in [3.05, 3.63) is 82.7 Å². The summed E-state index contributed by atoms with van der Waals surface area (Å²) in [7, 11) is 0. The molecule has 4 nitrogen and oxygen atoms in total. The van der Waals surface area contributed by atoms with E-state index in [2.05, 4.69) is 10.4 Å². The first kappa shape index (κ1) is 18.8. The molecule has 140 valence electrons. The van der Waals surface area contributed by atoms with Crippen molar-refractivity contribution >= 4 is 5.91 Å². The first-order valence-corrected chi connectivity index (χ1v) is 8.75. The number of nitrogens with one attached hydrogen (secondary N) is 1. The Labute approximate surface area is 156 Å². The summed E-state index contributed by atoms with van der Waals surface area (Å²) in [6.45, 7) is 4.00. The van der Waals surface area contributed by atoms with Crippen molar-refractivity contribution in [3.8, 4) is 5.69 Å². The largest absolute Gasteiger partial charge is 0.352 e. The van der Waals surface area contributed by atoms with Gasteiger partial charge in [0.2, 0.25) is 5.91 Å². The molecule has 0 saturated carbocycles. The highest BCUT2D eigenvalue weighted by atomic mass is 19.1. The van der Waals surface area contributed by atoms with Crippen LogP contribution in [0.15, 0.2) is 48.5 Å². The summed E-state index contributed by atoms with van der Waals surface area (Å²) in [4.78, 5) is 12.0. The Bertz CT molecular complexity index is 949. The Morgan fingerprint density at radius 2 is 1.81 bits per heavy atom. The zero-order chi connectivity index (χ0) is 19.4. The molecular weight excluding hydrogens is 348 g/mol. The lowest BCUT2D eigenvalue weighted by atomic mass is 10.1. The Morgan fingerprint density at radius 3 is 2.44 bits per heavy atom. The average molecular weight is 369 g/mol. The van der Waals surface area contributed by atoms with Crippen LogP contribution >= 0.6 is 0 Å². The second-order valence-electron chi connectivity index (χ2n) is 6.52. The number of rotatable bonds is 6. The van der Waals surface area contributed by atoms with Gasteiger partial charge in [-0.1, -0.05) is 18.2 Å². The van der Waals surface area contributed by atoms with Crippen LogP contribution in [0.5, 0.6) is 0 Å². The predicted octanol–water partition coefficient (Wildman–Crippen LogP) is 4.02. The van der Waals surface area contributed by atoms with Gasteiger partial charge in [0.25, 0.3) is 0 Å². The molecular formula is C21H21F2N3O. The van der Waals surface area contributed by atoms with Gasteiger partial charge in [0.05, 0.1) is 11.4 Å². The van der Waals surface area contributed by atoms with Gasteiger partial charge in [-0.3, -0.25) is 4.79 Å². The second-order valence-corrected chi connectivity index (χ2v) is 6.52. The van der Waals surface area contributed by atoms with Gasteiger partial charge in [-0.15, -0.1) is 0 Å². The van der Waals surface area contributed by atoms with Crippen molar-refractivity contribution < 1.29 is 13.6 Å². The van der Waals surface area contributed by atoms with Crippen molar-refractivity contribution in [2.45, 2.75) is 33.2 Å². The molecule has 27 heavy (non-hydrogen) atoms. The highest BCUT2D eigenvalue weighted by molar-refractivity contribution is 5.76. The van der Waals surface area contributed by atoms with Crippen LogP contribution in [0.3, 0.4) is 0 Å². The van der Waals surface area contributed by atoms with Gasteiger partial charge in [-0.2, -0.15) is 5.10 Å². The van der Waals surface area contributed by atoms with Crippen molar-refractivity contribution in [3.63, 3.8) is 0 Å². The Kier molecular flexibility index (Phi) is 5.64. The SMILES string of the molecule is Cc1cc(C)n(-c2ccc(CCC(=O)NCc3ccc(F)cc3F)cc2)n1. The summed E-state index contributed by atoms with van der Waals surface area (Å²) in [5, 5.41) is 7.11. The molecule has 1 N–H and O–H groups in total. The van der Waals surface area contributed by atoms with Gasteiger partial charge in [-0.05, 0) is 50.1 Å². The van der Waals surface area contributed by atoms with E-state index in [0.717, 1.165) is 28.7 Å². The van der Waals surface area contributed by atoms with E-state index in [-0.39, 0.29) is 18.0 Å². The van der Waals surface area contributed by atoms with Crippen LogP contribution in [0.4, 0.5) is 8.78 Å². The quantitative estimate of drug-likeness (QED) is 0.713. The minimum absolute atomic E-state index is 0.0435. The van der Waals surface area contributed by atoms with E-state index >= 15 is 0 Å². The lowest BCUT2D eigenvalue weighted by molar-refractivity contribution is -0.121. The van der Waals surface area contributed by atoms with E-state index in [1.807, 2.05) is 48.9 Å². The fourth-order valence-corrected chi connectivity index (χ4v) is 2.90. The predicted molar refractivity (Wildman–Crippen MR) is 99.6 cm³/mol. The van der Waals surface area contributed by atoms with E-state index in [1.54, 1.807) is 0 Å². The van der Waals surface area contributed by atoms with Gasteiger partial charge >= 0.3 is 0 Å². The van der Waals surface area contributed by atoms with Crippen LogP contribution in [0.1, 0.15) is 28.9 Å². The number of amides is 1. The molecule has 6 heteroatoms. The highest BCUT2D eigenvalue weighted by Gasteiger charge is 2.08. The van der Waals surface area contributed by atoms with Crippen LogP contribution in [-0.2, 0) is 17.8 Å². The van der Waals surface area contributed by atoms with Crippen molar-refractivity contribution in [1.82, 2.24) is 15.1 Å². The van der Waals surface area contributed by atoms with E-state index in [9.17, 15) is 13.6 Å². The molecule has 0 radical (unpaired) electrons. The van der Waals surface area contributed by atoms with Gasteiger partial charge in [-0.25, -0.2) is 13.5 Å². The standard InChI is InChI=1S/C21H21F2N3O/c1-14-11-15(2)26(25-14)19-8-3-16(4-9-19)5-10-21(27)24-13-17-6-7-18(22)12-20(17)23/h3-4,6-9,11-12H,5,10,13H2,1-2H3,(H,24,27). The summed E-state index contributed by atoms with van der Waals surface area (Å²) in [6, 6.07) is 13.2. The first-order valence-electron chi connectivity index (χ1n) is 8.75. The lowest BCUT2D eigenvalue weighted by Gasteiger charge is -2.08. The molecule has 0 saturated heterocycles. The van der Waals surface area contributed by atoms with E-state index in [4.69, 9.17) is 0 Å². The number of hydrogen-bond donors (Lipinski definition) is 1. The summed E-state index contributed by atoms with van der Waals surface area (Å²) < 4.78 is 28.3. The zero-order valence-corrected chi connectivity index (χ0v) is 15.3. The van der Waals surface area contributed by atoms with Gasteiger partial charge in [0.1, 0.15) is 11.6 Å². The van der Waals surface area contributed by atoms with Crippen molar-refractivity contribution in [2.75, 3.05) is 0 Å². The van der Waals surface area contributed by atoms with Gasteiger partial charge < -0.3 is 5.32 Å². The van der Waals surface area contributed by atoms with E-state index in [1.165, 1.54) is 12.1 Å². The topological polar surface area (TPSA) is 46.9 Å². The van der Waals surface area contributed by atoms with E-state index in [0.29, 0.717) is 12.8 Å². The molecule has 1 amide bonds. The summed E-state index contributed by atoms with van der Waals surface area (Å²) in [5.74, 6) is -1.47. The Balaban J connectivity index is 1.52. The molecule has 3 rings (SSSR count). The van der Waals surface area contributed by atoms with Crippen molar-refractivity contribution in [1.29, 1.82) is 0 Å². The third-order valence-corrected chi connectivity index (χ3v) is 4.32. The van der Waals surface area contributed by atoms with E-state index < -0.39 is 11.6 Å². The molecule has 1 heterocycles. The number of carbonyl (C=O) groups excluding carboxylic acids is 1. The minimum Gasteiger partial charge on any atom is -0.352 e. The average Bonchev–Trinajstić information content (AvgIpc) is 2.98. The fourth-order valence-electron chi connectivity index (χ4n) is 2.90. The van der Waals surface area contributed by atoms with Crippen LogP contribution in [0.25, 0.3) is 5.69 Å². The third kappa shape index (κ3) is 4.78. The molecule has 0 atom stereocenters. The second kappa shape index (κ2) is 8.12. The number of benzene rings is 2. The van der Waals surface area contributed by atoms with Crippen LogP contribution in [0, 0.1) is 25.5 Å². The van der Waals surface area contributed by atoms with Crippen molar-refractivity contribution in [2.24, 2.45) is 0 Å². The highest BCUT2D eigenvalue weighted by Crippen LogP contribution is 2.14. The molecule has 0 spiro atoms. The summed E-state index contributed by atoms with van der Waals surface area (Å²) in [6.07, 6.45) is 0.872. The van der Waals surface area contributed by atoms with Gasteiger partial charge in [0, 0.05) is 30.3 Å². The van der Waals surface area contributed by atoms with Crippen LogP contribution < -0.4 is 5.32 Å². The maximum atomic E-state index is 13.6. The van der Waals surface area contributed by atoms with Gasteiger partial charge in [0.15, 0.2) is 0 Å². The molecule has 2 aromatic carbocycles. The fraction of sp³-hybridized carbons (Fsp3) is 0.238. The summed E-state index contributed by atoms with van der Waals surface area (Å²) >= 11 is 0. The molecule has 0 unspecified atom stereocenters. The minimum atomic E-state index is -0.657. The smallest absolute Gasteiger partial charge is 0.220 e. The molecule has 3 aromatic rings. The molecule has 0 fully saturated rings. The molecule has 0 aliphatic heterocycles. The number of carbonyl (C=O) groups is 1. The molecule has 0 aliphatic carbocycles. The molecule has 0 bridgehead atoms. The number of nitrogens with zero attached hydrogens (tertiary/aromatic N) is 2. The van der Waals surface area contributed by atoms with Crippen LogP contribution in [0.2, 0.25) is 0 Å². The monoisotopic (exact) mass is 369 g/mol. The number of halogens is 2. The Morgan fingerprint density at radius 1 is 1.07 bits per heavy atom. The number of aryl methyl sites for hydroxylation is 3. The molecule has 0 aliphatic rings. The zero-order valence-electron chi connectivity index (χ0n) is 15.3. The third-order valence-electron chi connectivity index (χ3n) is 4.32. The van der Waals surface area contributed by atoms with Crippen LogP contribution in [-0.4, -0.2) is 15.7 Å². The number of hydrogen-bond acceptors (Lipinski definition) is 2. The summed E-state index contributed by atoms with van der Waals surface area (Å²) in [5.41, 5.74) is 4.29. The first-order chi connectivity index (χ1) is 12.9. The normalized spacial score (nSPS) is 10.8. The Hall–Kier alpha value is -3.02. The maximum absolute atomic E-state index is 13.6. The maximum Gasteiger partial charge on any atom is 0.220 e. The molecule has 1 aromatic heterocycles. The number of aromatic nitrogens is 2.